The first-order valence-corrected chi connectivity index (χ1v) is 8.02. The number of amides is 1. The third-order valence-electron chi connectivity index (χ3n) is 4.56. The Hall–Kier alpha value is -1.68. The number of nitrogens with one attached hydrogen (secondary N) is 1. The number of hydrogen-bond acceptors (Lipinski definition) is 3. The number of carbonyl (C=O) groups is 1. The summed E-state index contributed by atoms with van der Waals surface area (Å²) in [5.74, 6) is 1.77. The first-order chi connectivity index (χ1) is 9.84. The molecule has 2 aliphatic carbocycles. The minimum absolute atomic E-state index is 0.195. The third-order valence-corrected chi connectivity index (χ3v) is 5.30. The fraction of sp³-hybridized carbons (Fsp3) is 0.375. The van der Waals surface area contributed by atoms with Gasteiger partial charge in [-0.15, -0.1) is 11.3 Å². The maximum absolute atomic E-state index is 12.3. The highest BCUT2D eigenvalue weighted by atomic mass is 32.1. The highest BCUT2D eigenvalue weighted by Gasteiger charge is 2.56. The number of benzene rings is 1. The summed E-state index contributed by atoms with van der Waals surface area (Å²) in [6, 6.07) is 10.0. The highest BCUT2D eigenvalue weighted by Crippen LogP contribution is 2.57. The van der Waals surface area contributed by atoms with Gasteiger partial charge >= 0.3 is 0 Å². The van der Waals surface area contributed by atoms with Gasteiger partial charge in [0.05, 0.1) is 5.51 Å². The molecule has 2 unspecified atom stereocenters. The summed E-state index contributed by atoms with van der Waals surface area (Å²) in [4.78, 5) is 16.7. The maximum Gasteiger partial charge on any atom is 0.228 e. The van der Waals surface area contributed by atoms with Gasteiger partial charge in [0.25, 0.3) is 0 Å². The zero-order valence-electron chi connectivity index (χ0n) is 11.1. The monoisotopic (exact) mass is 284 g/mol. The van der Waals surface area contributed by atoms with E-state index in [0.29, 0.717) is 11.8 Å². The van der Waals surface area contributed by atoms with Gasteiger partial charge in [-0.1, -0.05) is 36.8 Å². The van der Waals surface area contributed by atoms with E-state index in [1.165, 1.54) is 30.6 Å². The minimum Gasteiger partial charge on any atom is -0.316 e. The molecule has 1 aromatic carbocycles. The van der Waals surface area contributed by atoms with Crippen LogP contribution in [0, 0.1) is 17.8 Å². The summed E-state index contributed by atoms with van der Waals surface area (Å²) < 4.78 is 0. The summed E-state index contributed by atoms with van der Waals surface area (Å²) in [5.41, 5.74) is 3.74. The quantitative estimate of drug-likeness (QED) is 0.931. The SMILES string of the molecule is O=C(Nc1scnc1-c1ccccc1)C1C2CCCC21. The van der Waals surface area contributed by atoms with Crippen LogP contribution >= 0.6 is 11.3 Å². The second-order valence-electron chi connectivity index (χ2n) is 5.67. The van der Waals surface area contributed by atoms with E-state index >= 15 is 0 Å². The second-order valence-corrected chi connectivity index (χ2v) is 6.52. The third kappa shape index (κ3) is 1.95. The fourth-order valence-electron chi connectivity index (χ4n) is 3.54. The van der Waals surface area contributed by atoms with Crippen LogP contribution in [0.4, 0.5) is 5.00 Å². The Kier molecular flexibility index (Phi) is 2.84. The van der Waals surface area contributed by atoms with E-state index in [1.54, 1.807) is 5.51 Å². The molecule has 0 saturated heterocycles. The molecular weight excluding hydrogens is 268 g/mol. The largest absolute Gasteiger partial charge is 0.316 e. The van der Waals surface area contributed by atoms with Gasteiger partial charge in [-0.2, -0.15) is 0 Å². The lowest BCUT2D eigenvalue weighted by atomic mass is 10.1. The molecule has 4 rings (SSSR count). The zero-order chi connectivity index (χ0) is 13.5. The number of aromatic nitrogens is 1. The average Bonchev–Trinajstić information content (AvgIpc) is 2.85. The predicted molar refractivity (Wildman–Crippen MR) is 80.5 cm³/mol. The Balaban J connectivity index is 1.53. The van der Waals surface area contributed by atoms with Crippen molar-refractivity contribution in [3.05, 3.63) is 35.8 Å². The van der Waals surface area contributed by atoms with Crippen LogP contribution in [0.1, 0.15) is 19.3 Å². The zero-order valence-corrected chi connectivity index (χ0v) is 11.9. The molecule has 0 spiro atoms. The molecule has 4 heteroatoms. The average molecular weight is 284 g/mol. The van der Waals surface area contributed by atoms with Crippen LogP contribution in [0.2, 0.25) is 0 Å². The van der Waals surface area contributed by atoms with Gasteiger partial charge in [-0.05, 0) is 24.7 Å². The highest BCUT2D eigenvalue weighted by molar-refractivity contribution is 7.14. The number of thiazole rings is 1. The molecule has 1 amide bonds. The molecule has 0 radical (unpaired) electrons. The Bertz CT molecular complexity index is 627. The van der Waals surface area contributed by atoms with Gasteiger partial charge in [0.2, 0.25) is 5.91 Å². The van der Waals surface area contributed by atoms with E-state index in [2.05, 4.69) is 10.3 Å². The summed E-state index contributed by atoms with van der Waals surface area (Å²) in [6.07, 6.45) is 3.77. The number of anilines is 1. The van der Waals surface area contributed by atoms with Gasteiger partial charge in [0.15, 0.2) is 0 Å². The first kappa shape index (κ1) is 12.1. The molecule has 2 aromatic rings. The molecule has 102 valence electrons. The van der Waals surface area contributed by atoms with E-state index in [0.717, 1.165) is 16.3 Å². The molecule has 1 heterocycles. The van der Waals surface area contributed by atoms with Crippen LogP contribution in [0.25, 0.3) is 11.3 Å². The number of hydrogen-bond donors (Lipinski definition) is 1. The van der Waals surface area contributed by atoms with E-state index < -0.39 is 0 Å². The van der Waals surface area contributed by atoms with Crippen molar-refractivity contribution in [2.75, 3.05) is 5.32 Å². The molecule has 2 aliphatic rings. The van der Waals surface area contributed by atoms with Gasteiger partial charge in [-0.25, -0.2) is 4.98 Å². The summed E-state index contributed by atoms with van der Waals surface area (Å²) >= 11 is 1.50. The molecule has 0 aliphatic heterocycles. The predicted octanol–water partition coefficient (Wildman–Crippen LogP) is 3.79. The Morgan fingerprint density at radius 3 is 2.70 bits per heavy atom. The molecule has 0 bridgehead atoms. The van der Waals surface area contributed by atoms with Crippen LogP contribution < -0.4 is 5.32 Å². The normalized spacial score (nSPS) is 27.1. The van der Waals surface area contributed by atoms with Gasteiger partial charge < -0.3 is 5.32 Å². The molecule has 3 nitrogen and oxygen atoms in total. The van der Waals surface area contributed by atoms with Crippen LogP contribution in [0.5, 0.6) is 0 Å². The smallest absolute Gasteiger partial charge is 0.228 e. The number of rotatable bonds is 3. The first-order valence-electron chi connectivity index (χ1n) is 7.14. The minimum atomic E-state index is 0.195. The van der Waals surface area contributed by atoms with Crippen LogP contribution in [-0.4, -0.2) is 10.9 Å². The maximum atomic E-state index is 12.3. The Morgan fingerprint density at radius 2 is 1.95 bits per heavy atom. The Morgan fingerprint density at radius 1 is 1.20 bits per heavy atom. The Labute approximate surface area is 122 Å². The van der Waals surface area contributed by atoms with E-state index in [1.807, 2.05) is 30.3 Å². The van der Waals surface area contributed by atoms with Crippen molar-refractivity contribution < 1.29 is 4.79 Å². The fourth-order valence-corrected chi connectivity index (χ4v) is 4.25. The molecule has 20 heavy (non-hydrogen) atoms. The van der Waals surface area contributed by atoms with Crippen molar-refractivity contribution in [2.24, 2.45) is 17.8 Å². The standard InChI is InChI=1S/C16H16N2OS/c19-15(13-11-7-4-8-12(11)13)18-16-14(17-9-20-16)10-5-2-1-3-6-10/h1-3,5-6,9,11-13H,4,7-8H2,(H,18,19). The van der Waals surface area contributed by atoms with E-state index in [4.69, 9.17) is 0 Å². The van der Waals surface area contributed by atoms with E-state index in [-0.39, 0.29) is 11.8 Å². The number of carbonyl (C=O) groups excluding carboxylic acids is 1. The van der Waals surface area contributed by atoms with E-state index in [9.17, 15) is 4.79 Å². The topological polar surface area (TPSA) is 42.0 Å². The summed E-state index contributed by atoms with van der Waals surface area (Å²) in [6.45, 7) is 0. The van der Waals surface area contributed by atoms with Crippen molar-refractivity contribution in [3.63, 3.8) is 0 Å². The molecule has 1 N–H and O–H groups in total. The second kappa shape index (κ2) is 4.70. The van der Waals surface area contributed by atoms with Gasteiger partial charge in [0.1, 0.15) is 10.7 Å². The number of fused-ring (bicyclic) bond motifs is 1. The number of nitrogens with zero attached hydrogens (tertiary/aromatic N) is 1. The van der Waals surface area contributed by atoms with Gasteiger partial charge in [0, 0.05) is 11.5 Å². The van der Waals surface area contributed by atoms with Crippen molar-refractivity contribution in [2.45, 2.75) is 19.3 Å². The summed E-state index contributed by atoms with van der Waals surface area (Å²) in [5, 5.41) is 3.98. The summed E-state index contributed by atoms with van der Waals surface area (Å²) in [7, 11) is 0. The molecule has 2 fully saturated rings. The molecule has 1 aromatic heterocycles. The van der Waals surface area contributed by atoms with Gasteiger partial charge in [-0.3, -0.25) is 4.79 Å². The van der Waals surface area contributed by atoms with Crippen molar-refractivity contribution >= 4 is 22.2 Å². The molecule has 2 saturated carbocycles. The lowest BCUT2D eigenvalue weighted by Gasteiger charge is -2.06. The van der Waals surface area contributed by atoms with Crippen LogP contribution in [-0.2, 0) is 4.79 Å². The molecule has 2 atom stereocenters. The van der Waals surface area contributed by atoms with Crippen LogP contribution in [0.3, 0.4) is 0 Å². The lowest BCUT2D eigenvalue weighted by molar-refractivity contribution is -0.118. The van der Waals surface area contributed by atoms with Crippen molar-refractivity contribution in [3.8, 4) is 11.3 Å². The molecular formula is C16H16N2OS. The van der Waals surface area contributed by atoms with Crippen molar-refractivity contribution in [1.29, 1.82) is 0 Å². The van der Waals surface area contributed by atoms with Crippen molar-refractivity contribution in [1.82, 2.24) is 4.98 Å². The lowest BCUT2D eigenvalue weighted by Crippen LogP contribution is -2.16. The van der Waals surface area contributed by atoms with Crippen LogP contribution in [0.15, 0.2) is 35.8 Å².